The maximum Gasteiger partial charge on any atom is 0.322 e. The van der Waals surface area contributed by atoms with E-state index in [0.29, 0.717) is 6.42 Å². The monoisotopic (exact) mass is 333 g/mol. The summed E-state index contributed by atoms with van der Waals surface area (Å²) in [5, 5.41) is 0. The van der Waals surface area contributed by atoms with Gasteiger partial charge in [-0.15, -0.1) is 0 Å². The van der Waals surface area contributed by atoms with Crippen LogP contribution in [0.25, 0.3) is 11.1 Å². The van der Waals surface area contributed by atoms with E-state index in [1.807, 2.05) is 36.4 Å². The summed E-state index contributed by atoms with van der Waals surface area (Å²) in [5.41, 5.74) is 9.05. The summed E-state index contributed by atoms with van der Waals surface area (Å²) in [6.07, 6.45) is 0.479. The Morgan fingerprint density at radius 1 is 1.10 bits per heavy atom. The Morgan fingerprint density at radius 3 is 2.10 bits per heavy atom. The average molecular weight is 334 g/mol. The number of hydrogen-bond donors (Lipinski definition) is 1. The summed E-state index contributed by atoms with van der Waals surface area (Å²) in [7, 11) is 1.35. The standard InChI is InChI=1S/C16H16BrNO2/c1-20-16(19)15(18)10-11-2-4-12(5-3-11)13-6-8-14(17)9-7-13/h2-9,15H,10,18H2,1H3/t15-/m0/s1. The summed E-state index contributed by atoms with van der Waals surface area (Å²) < 4.78 is 5.68. The highest BCUT2D eigenvalue weighted by molar-refractivity contribution is 9.10. The van der Waals surface area contributed by atoms with Crippen LogP contribution in [0.3, 0.4) is 0 Å². The van der Waals surface area contributed by atoms with Crippen molar-refractivity contribution >= 4 is 21.9 Å². The third-order valence-electron chi connectivity index (χ3n) is 3.09. The van der Waals surface area contributed by atoms with Crippen LogP contribution in [0.4, 0.5) is 0 Å². The fraction of sp³-hybridized carbons (Fsp3) is 0.188. The number of benzene rings is 2. The van der Waals surface area contributed by atoms with Crippen molar-refractivity contribution in [3.8, 4) is 11.1 Å². The molecule has 4 heteroatoms. The quantitative estimate of drug-likeness (QED) is 0.874. The summed E-state index contributed by atoms with van der Waals surface area (Å²) in [5.74, 6) is -0.387. The van der Waals surface area contributed by atoms with Crippen molar-refractivity contribution in [2.45, 2.75) is 12.5 Å². The minimum atomic E-state index is -0.612. The molecule has 3 nitrogen and oxygen atoms in total. The molecule has 2 rings (SSSR count). The summed E-state index contributed by atoms with van der Waals surface area (Å²) in [6, 6.07) is 15.6. The van der Waals surface area contributed by atoms with Gasteiger partial charge in [-0.05, 0) is 35.2 Å². The number of hydrogen-bond acceptors (Lipinski definition) is 3. The zero-order chi connectivity index (χ0) is 14.5. The molecule has 0 unspecified atom stereocenters. The van der Waals surface area contributed by atoms with E-state index in [1.165, 1.54) is 7.11 Å². The number of rotatable bonds is 4. The van der Waals surface area contributed by atoms with Crippen molar-refractivity contribution in [1.29, 1.82) is 0 Å². The highest BCUT2D eigenvalue weighted by Crippen LogP contribution is 2.22. The molecule has 1 atom stereocenters. The van der Waals surface area contributed by atoms with Crippen LogP contribution in [0.2, 0.25) is 0 Å². The van der Waals surface area contributed by atoms with Gasteiger partial charge in [0.05, 0.1) is 7.11 Å². The number of methoxy groups -OCH3 is 1. The molecule has 2 aromatic rings. The van der Waals surface area contributed by atoms with Gasteiger partial charge >= 0.3 is 5.97 Å². The van der Waals surface area contributed by atoms with Gasteiger partial charge in [-0.25, -0.2) is 0 Å². The normalized spacial score (nSPS) is 11.9. The second kappa shape index (κ2) is 6.68. The molecule has 0 spiro atoms. The van der Waals surface area contributed by atoms with E-state index in [4.69, 9.17) is 5.73 Å². The molecular formula is C16H16BrNO2. The summed E-state index contributed by atoms with van der Waals surface area (Å²) >= 11 is 3.42. The molecular weight excluding hydrogens is 318 g/mol. The van der Waals surface area contributed by atoms with Gasteiger partial charge in [0.2, 0.25) is 0 Å². The Kier molecular flexibility index (Phi) is 4.93. The fourth-order valence-electron chi connectivity index (χ4n) is 1.96. The van der Waals surface area contributed by atoms with Crippen LogP contribution in [0, 0.1) is 0 Å². The molecule has 0 bridgehead atoms. The Labute approximate surface area is 126 Å². The molecule has 0 radical (unpaired) electrons. The molecule has 2 aromatic carbocycles. The van der Waals surface area contributed by atoms with Crippen molar-refractivity contribution < 1.29 is 9.53 Å². The number of esters is 1. The topological polar surface area (TPSA) is 52.3 Å². The third kappa shape index (κ3) is 3.68. The van der Waals surface area contributed by atoms with E-state index in [9.17, 15) is 4.79 Å². The lowest BCUT2D eigenvalue weighted by molar-refractivity contribution is -0.142. The molecule has 0 aliphatic rings. The maximum atomic E-state index is 11.3. The van der Waals surface area contributed by atoms with Crippen molar-refractivity contribution in [2.75, 3.05) is 7.11 Å². The van der Waals surface area contributed by atoms with Crippen molar-refractivity contribution in [2.24, 2.45) is 5.73 Å². The zero-order valence-electron chi connectivity index (χ0n) is 11.2. The van der Waals surface area contributed by atoms with E-state index in [2.05, 4.69) is 32.8 Å². The highest BCUT2D eigenvalue weighted by atomic mass is 79.9. The number of nitrogens with two attached hydrogens (primary N) is 1. The maximum absolute atomic E-state index is 11.3. The Bertz CT molecular complexity index is 578. The predicted molar refractivity (Wildman–Crippen MR) is 83.3 cm³/mol. The molecule has 20 heavy (non-hydrogen) atoms. The van der Waals surface area contributed by atoms with E-state index in [-0.39, 0.29) is 5.97 Å². The first kappa shape index (κ1) is 14.8. The van der Waals surface area contributed by atoms with E-state index in [1.54, 1.807) is 0 Å². The lowest BCUT2D eigenvalue weighted by Crippen LogP contribution is -2.33. The number of ether oxygens (including phenoxy) is 1. The number of carbonyl (C=O) groups excluding carboxylic acids is 1. The Balaban J connectivity index is 2.10. The van der Waals surface area contributed by atoms with Crippen LogP contribution in [0.1, 0.15) is 5.56 Å². The largest absolute Gasteiger partial charge is 0.468 e. The summed E-state index contributed by atoms with van der Waals surface area (Å²) in [6.45, 7) is 0. The van der Waals surface area contributed by atoms with Crippen molar-refractivity contribution in [3.05, 3.63) is 58.6 Å². The molecule has 0 aliphatic heterocycles. The van der Waals surface area contributed by atoms with Crippen LogP contribution in [-0.4, -0.2) is 19.1 Å². The molecule has 0 saturated carbocycles. The van der Waals surface area contributed by atoms with Gasteiger partial charge in [-0.1, -0.05) is 52.3 Å². The third-order valence-corrected chi connectivity index (χ3v) is 3.62. The molecule has 0 aromatic heterocycles. The lowest BCUT2D eigenvalue weighted by atomic mass is 10.0. The minimum absolute atomic E-state index is 0.387. The van der Waals surface area contributed by atoms with Gasteiger partial charge in [0.15, 0.2) is 0 Å². The van der Waals surface area contributed by atoms with Crippen molar-refractivity contribution in [1.82, 2.24) is 0 Å². The van der Waals surface area contributed by atoms with Crippen LogP contribution in [0.15, 0.2) is 53.0 Å². The molecule has 0 aliphatic carbocycles. The van der Waals surface area contributed by atoms with Gasteiger partial charge < -0.3 is 10.5 Å². The molecule has 0 heterocycles. The minimum Gasteiger partial charge on any atom is -0.468 e. The van der Waals surface area contributed by atoms with E-state index >= 15 is 0 Å². The van der Waals surface area contributed by atoms with Gasteiger partial charge in [0, 0.05) is 4.47 Å². The molecule has 0 fully saturated rings. The smallest absolute Gasteiger partial charge is 0.322 e. The van der Waals surface area contributed by atoms with Crippen LogP contribution in [0.5, 0.6) is 0 Å². The van der Waals surface area contributed by atoms with Crippen LogP contribution in [-0.2, 0) is 16.0 Å². The van der Waals surface area contributed by atoms with Gasteiger partial charge in [-0.2, -0.15) is 0 Å². The second-order valence-electron chi connectivity index (χ2n) is 4.54. The first-order valence-electron chi connectivity index (χ1n) is 6.28. The van der Waals surface area contributed by atoms with Gasteiger partial charge in [-0.3, -0.25) is 4.79 Å². The zero-order valence-corrected chi connectivity index (χ0v) is 12.8. The first-order chi connectivity index (χ1) is 9.60. The first-order valence-corrected chi connectivity index (χ1v) is 7.08. The Hall–Kier alpha value is -1.65. The van der Waals surface area contributed by atoms with Crippen LogP contribution < -0.4 is 5.73 Å². The summed E-state index contributed by atoms with van der Waals surface area (Å²) in [4.78, 5) is 11.3. The lowest BCUT2D eigenvalue weighted by Gasteiger charge is -2.10. The highest BCUT2D eigenvalue weighted by Gasteiger charge is 2.13. The SMILES string of the molecule is COC(=O)[C@@H](N)Cc1ccc(-c2ccc(Br)cc2)cc1. The number of carbonyl (C=O) groups is 1. The fourth-order valence-corrected chi connectivity index (χ4v) is 2.23. The van der Waals surface area contributed by atoms with Gasteiger partial charge in [0.1, 0.15) is 6.04 Å². The van der Waals surface area contributed by atoms with E-state index < -0.39 is 6.04 Å². The molecule has 0 saturated heterocycles. The molecule has 2 N–H and O–H groups in total. The predicted octanol–water partition coefficient (Wildman–Crippen LogP) is 3.16. The van der Waals surface area contributed by atoms with Gasteiger partial charge in [0.25, 0.3) is 0 Å². The molecule has 0 amide bonds. The number of halogens is 1. The molecule has 104 valence electrons. The Morgan fingerprint density at radius 2 is 1.60 bits per heavy atom. The second-order valence-corrected chi connectivity index (χ2v) is 5.45. The van der Waals surface area contributed by atoms with Crippen molar-refractivity contribution in [3.63, 3.8) is 0 Å². The van der Waals surface area contributed by atoms with E-state index in [0.717, 1.165) is 21.2 Å². The van der Waals surface area contributed by atoms with Crippen LogP contribution >= 0.6 is 15.9 Å². The average Bonchev–Trinajstić information content (AvgIpc) is 2.48.